The van der Waals surface area contributed by atoms with Crippen molar-refractivity contribution in [1.82, 2.24) is 0 Å². The van der Waals surface area contributed by atoms with Crippen molar-refractivity contribution in [3.63, 3.8) is 0 Å². The highest BCUT2D eigenvalue weighted by Crippen LogP contribution is 2.20. The van der Waals surface area contributed by atoms with Crippen molar-refractivity contribution in [1.29, 1.82) is 0 Å². The average molecular weight is 355 g/mol. The van der Waals surface area contributed by atoms with Crippen LogP contribution in [-0.4, -0.2) is 15.0 Å². The lowest BCUT2D eigenvalue weighted by Crippen LogP contribution is -2.13. The molecule has 4 nitrogen and oxygen atoms in total. The Balaban J connectivity index is 0.00000264. The molecule has 0 bridgehead atoms. The number of nitrogens with one attached hydrogen (secondary N) is 1. The molecule has 2 rings (SSSR count). The lowest BCUT2D eigenvalue weighted by Gasteiger charge is -2.10. The van der Waals surface area contributed by atoms with Crippen LogP contribution in [0.25, 0.3) is 0 Å². The summed E-state index contributed by atoms with van der Waals surface area (Å²) in [4.78, 5) is 0.267. The normalized spacial score (nSPS) is 11.1. The third-order valence-electron chi connectivity index (χ3n) is 3.50. The summed E-state index contributed by atoms with van der Waals surface area (Å²) < 4.78 is 27.3. The number of nitrogens with two attached hydrogens (primary N) is 1. The number of sulfonamides is 1. The van der Waals surface area contributed by atoms with E-state index in [9.17, 15) is 8.42 Å². The predicted molar refractivity (Wildman–Crippen MR) is 97.8 cm³/mol. The first-order valence-corrected chi connectivity index (χ1v) is 8.82. The molecule has 0 saturated carbocycles. The van der Waals surface area contributed by atoms with Gasteiger partial charge in [-0.1, -0.05) is 38.1 Å². The SMILES string of the molecule is CC(C)c1ccc(S(=O)(=O)Nc2ccc(CCN)cc2)cc1.Cl. The predicted octanol–water partition coefficient (Wildman–Crippen LogP) is 3.53. The zero-order valence-corrected chi connectivity index (χ0v) is 15.0. The van der Waals surface area contributed by atoms with Crippen molar-refractivity contribution in [2.24, 2.45) is 5.73 Å². The van der Waals surface area contributed by atoms with Gasteiger partial charge >= 0.3 is 0 Å². The van der Waals surface area contributed by atoms with Gasteiger partial charge in [-0.25, -0.2) is 8.42 Å². The summed E-state index contributed by atoms with van der Waals surface area (Å²) >= 11 is 0. The summed E-state index contributed by atoms with van der Waals surface area (Å²) in [6.45, 7) is 4.72. The Hall–Kier alpha value is -1.56. The molecule has 0 unspecified atom stereocenters. The number of halogens is 1. The molecule has 0 saturated heterocycles. The van der Waals surface area contributed by atoms with Gasteiger partial charge in [0, 0.05) is 5.69 Å². The molecule has 0 aliphatic heterocycles. The van der Waals surface area contributed by atoms with Crippen molar-refractivity contribution in [2.45, 2.75) is 31.1 Å². The van der Waals surface area contributed by atoms with Gasteiger partial charge in [-0.15, -0.1) is 12.4 Å². The van der Waals surface area contributed by atoms with E-state index in [1.54, 1.807) is 24.3 Å². The lowest BCUT2D eigenvalue weighted by atomic mass is 10.0. The van der Waals surface area contributed by atoms with Gasteiger partial charge in [-0.2, -0.15) is 0 Å². The minimum atomic E-state index is -3.56. The Kier molecular flexibility index (Phi) is 7.06. The molecule has 126 valence electrons. The van der Waals surface area contributed by atoms with Crippen molar-refractivity contribution in [3.05, 3.63) is 59.7 Å². The molecule has 0 atom stereocenters. The van der Waals surface area contributed by atoms with Gasteiger partial charge < -0.3 is 5.73 Å². The van der Waals surface area contributed by atoms with Crippen LogP contribution in [-0.2, 0) is 16.4 Å². The summed E-state index contributed by atoms with van der Waals surface area (Å²) in [7, 11) is -3.56. The molecule has 0 amide bonds. The van der Waals surface area contributed by atoms with E-state index in [1.807, 2.05) is 24.3 Å². The second kappa shape index (κ2) is 8.34. The Morgan fingerprint density at radius 1 is 1.00 bits per heavy atom. The second-order valence-corrected chi connectivity index (χ2v) is 7.25. The van der Waals surface area contributed by atoms with Crippen molar-refractivity contribution < 1.29 is 8.42 Å². The fourth-order valence-electron chi connectivity index (χ4n) is 2.15. The molecular formula is C17H23ClN2O2S. The topological polar surface area (TPSA) is 72.2 Å². The Morgan fingerprint density at radius 3 is 2.04 bits per heavy atom. The van der Waals surface area contributed by atoms with Gasteiger partial charge in [0.25, 0.3) is 10.0 Å². The molecule has 23 heavy (non-hydrogen) atoms. The standard InChI is InChI=1S/C17H22N2O2S.ClH/c1-13(2)15-5-9-17(10-6-15)22(20,21)19-16-7-3-14(4-8-16)11-12-18;/h3-10,13,19H,11-12,18H2,1-2H3;1H. The first-order chi connectivity index (χ1) is 10.4. The average Bonchev–Trinajstić information content (AvgIpc) is 2.49. The minimum Gasteiger partial charge on any atom is -0.330 e. The summed E-state index contributed by atoms with van der Waals surface area (Å²) in [6, 6.07) is 14.3. The molecule has 0 heterocycles. The number of hydrogen-bond acceptors (Lipinski definition) is 3. The molecule has 2 aromatic carbocycles. The highest BCUT2D eigenvalue weighted by molar-refractivity contribution is 7.92. The molecule has 0 spiro atoms. The molecule has 0 aliphatic carbocycles. The Morgan fingerprint density at radius 2 is 1.57 bits per heavy atom. The maximum Gasteiger partial charge on any atom is 0.261 e. The van der Waals surface area contributed by atoms with Crippen LogP contribution in [0.15, 0.2) is 53.4 Å². The van der Waals surface area contributed by atoms with Crippen LogP contribution < -0.4 is 10.5 Å². The van der Waals surface area contributed by atoms with Crippen LogP contribution >= 0.6 is 12.4 Å². The van der Waals surface area contributed by atoms with Crippen molar-refractivity contribution in [3.8, 4) is 0 Å². The summed E-state index contributed by atoms with van der Waals surface area (Å²) in [5.41, 5.74) is 8.25. The molecule has 6 heteroatoms. The highest BCUT2D eigenvalue weighted by atomic mass is 35.5. The van der Waals surface area contributed by atoms with Crippen LogP contribution in [0.2, 0.25) is 0 Å². The molecule has 0 radical (unpaired) electrons. The Bertz CT molecular complexity index is 711. The van der Waals surface area contributed by atoms with E-state index < -0.39 is 10.0 Å². The van der Waals surface area contributed by atoms with E-state index >= 15 is 0 Å². The van der Waals surface area contributed by atoms with Gasteiger partial charge in [-0.3, -0.25) is 4.72 Å². The molecule has 3 N–H and O–H groups in total. The maximum atomic E-state index is 12.4. The van der Waals surface area contributed by atoms with Crippen molar-refractivity contribution >= 4 is 28.1 Å². The smallest absolute Gasteiger partial charge is 0.261 e. The van der Waals surface area contributed by atoms with Gasteiger partial charge in [0.1, 0.15) is 0 Å². The maximum absolute atomic E-state index is 12.4. The number of anilines is 1. The van der Waals surface area contributed by atoms with Crippen LogP contribution in [0, 0.1) is 0 Å². The summed E-state index contributed by atoms with van der Waals surface area (Å²) in [5, 5.41) is 0. The quantitative estimate of drug-likeness (QED) is 0.833. The van der Waals surface area contributed by atoms with Crippen LogP contribution in [0.3, 0.4) is 0 Å². The van der Waals surface area contributed by atoms with Gasteiger partial charge in [0.05, 0.1) is 4.90 Å². The summed E-state index contributed by atoms with van der Waals surface area (Å²) in [5.74, 6) is 0.375. The molecular weight excluding hydrogens is 332 g/mol. The lowest BCUT2D eigenvalue weighted by molar-refractivity contribution is 0.601. The van der Waals surface area contributed by atoms with E-state index in [1.165, 1.54) is 0 Å². The van der Waals surface area contributed by atoms with Crippen LogP contribution in [0.1, 0.15) is 30.9 Å². The van der Waals surface area contributed by atoms with E-state index in [2.05, 4.69) is 18.6 Å². The van der Waals surface area contributed by atoms with E-state index in [0.29, 0.717) is 18.2 Å². The zero-order chi connectivity index (χ0) is 16.2. The minimum absolute atomic E-state index is 0. The largest absolute Gasteiger partial charge is 0.330 e. The molecule has 2 aromatic rings. The zero-order valence-electron chi connectivity index (χ0n) is 13.3. The summed E-state index contributed by atoms with van der Waals surface area (Å²) in [6.07, 6.45) is 0.781. The molecule has 0 aliphatic rings. The second-order valence-electron chi connectivity index (χ2n) is 5.56. The fraction of sp³-hybridized carbons (Fsp3) is 0.294. The number of rotatable bonds is 6. The van der Waals surface area contributed by atoms with Gasteiger partial charge in [0.2, 0.25) is 0 Å². The third-order valence-corrected chi connectivity index (χ3v) is 4.89. The van der Waals surface area contributed by atoms with E-state index in [0.717, 1.165) is 17.5 Å². The third kappa shape index (κ3) is 5.23. The first-order valence-electron chi connectivity index (χ1n) is 7.34. The molecule has 0 fully saturated rings. The van der Waals surface area contributed by atoms with Crippen LogP contribution in [0.4, 0.5) is 5.69 Å². The highest BCUT2D eigenvalue weighted by Gasteiger charge is 2.14. The Labute approximate surface area is 144 Å². The first kappa shape index (κ1) is 19.5. The van der Waals surface area contributed by atoms with Gasteiger partial charge in [-0.05, 0) is 54.3 Å². The van der Waals surface area contributed by atoms with Gasteiger partial charge in [0.15, 0.2) is 0 Å². The fourth-order valence-corrected chi connectivity index (χ4v) is 3.21. The van der Waals surface area contributed by atoms with Crippen molar-refractivity contribution in [2.75, 3.05) is 11.3 Å². The monoisotopic (exact) mass is 354 g/mol. The molecule has 0 aromatic heterocycles. The number of hydrogen-bond donors (Lipinski definition) is 2. The van der Waals surface area contributed by atoms with Crippen LogP contribution in [0.5, 0.6) is 0 Å². The van der Waals surface area contributed by atoms with E-state index in [4.69, 9.17) is 5.73 Å². The number of benzene rings is 2. The van der Waals surface area contributed by atoms with E-state index in [-0.39, 0.29) is 17.3 Å².